The SMILES string of the molecule is Cn1c(=O)n(CCC(=O)Nc2cc(Cl)ccc2Cl)c2ccccc21. The Morgan fingerprint density at radius 1 is 1.12 bits per heavy atom. The average Bonchev–Trinajstić information content (AvgIpc) is 2.81. The molecule has 0 bridgehead atoms. The van der Waals surface area contributed by atoms with Crippen molar-refractivity contribution in [3.05, 3.63) is 63.0 Å². The molecule has 0 fully saturated rings. The molecular formula is C17H15Cl2N3O2. The number of fused-ring (bicyclic) bond motifs is 1. The maximum atomic E-state index is 12.3. The van der Waals surface area contributed by atoms with Gasteiger partial charge >= 0.3 is 5.69 Å². The van der Waals surface area contributed by atoms with Gasteiger partial charge in [-0.1, -0.05) is 35.3 Å². The van der Waals surface area contributed by atoms with E-state index in [0.717, 1.165) is 11.0 Å². The van der Waals surface area contributed by atoms with Crippen molar-refractivity contribution >= 4 is 45.8 Å². The Labute approximate surface area is 148 Å². The maximum absolute atomic E-state index is 12.3. The Morgan fingerprint density at radius 2 is 1.83 bits per heavy atom. The zero-order valence-electron chi connectivity index (χ0n) is 12.9. The van der Waals surface area contributed by atoms with Crippen molar-refractivity contribution in [1.29, 1.82) is 0 Å². The minimum absolute atomic E-state index is 0.148. The van der Waals surface area contributed by atoms with E-state index in [-0.39, 0.29) is 24.6 Å². The van der Waals surface area contributed by atoms with Crippen LogP contribution >= 0.6 is 23.2 Å². The standard InChI is InChI=1S/C17H15Cl2N3O2/c1-21-14-4-2-3-5-15(14)22(17(21)24)9-8-16(23)20-13-10-11(18)6-7-12(13)19/h2-7,10H,8-9H2,1H3,(H,20,23). The summed E-state index contributed by atoms with van der Waals surface area (Å²) in [5.74, 6) is -0.237. The van der Waals surface area contributed by atoms with E-state index < -0.39 is 0 Å². The summed E-state index contributed by atoms with van der Waals surface area (Å²) in [6.07, 6.45) is 0.150. The van der Waals surface area contributed by atoms with E-state index in [1.165, 1.54) is 0 Å². The number of carbonyl (C=O) groups is 1. The number of benzene rings is 2. The molecule has 1 aromatic heterocycles. The molecule has 0 atom stereocenters. The highest BCUT2D eigenvalue weighted by Crippen LogP contribution is 2.25. The van der Waals surface area contributed by atoms with Crippen LogP contribution in [0.2, 0.25) is 10.0 Å². The Kier molecular flexibility index (Phi) is 4.64. The van der Waals surface area contributed by atoms with Gasteiger partial charge in [-0.25, -0.2) is 4.79 Å². The molecule has 0 spiro atoms. The van der Waals surface area contributed by atoms with Gasteiger partial charge in [0, 0.05) is 25.0 Å². The van der Waals surface area contributed by atoms with Crippen LogP contribution in [0.25, 0.3) is 11.0 Å². The monoisotopic (exact) mass is 363 g/mol. The summed E-state index contributed by atoms with van der Waals surface area (Å²) in [5.41, 5.74) is 1.95. The van der Waals surface area contributed by atoms with E-state index in [2.05, 4.69) is 5.32 Å². The average molecular weight is 364 g/mol. The van der Waals surface area contributed by atoms with Crippen molar-refractivity contribution in [2.24, 2.45) is 7.05 Å². The molecule has 0 saturated carbocycles. The van der Waals surface area contributed by atoms with Crippen molar-refractivity contribution in [2.45, 2.75) is 13.0 Å². The van der Waals surface area contributed by atoms with Gasteiger partial charge in [0.05, 0.1) is 21.7 Å². The van der Waals surface area contributed by atoms with E-state index in [9.17, 15) is 9.59 Å². The molecule has 1 heterocycles. The normalized spacial score (nSPS) is 11.0. The van der Waals surface area contributed by atoms with E-state index >= 15 is 0 Å². The first-order valence-corrected chi connectivity index (χ1v) is 8.12. The second kappa shape index (κ2) is 6.71. The van der Waals surface area contributed by atoms with Crippen LogP contribution in [0.3, 0.4) is 0 Å². The fourth-order valence-corrected chi connectivity index (χ4v) is 2.94. The van der Waals surface area contributed by atoms with Crippen molar-refractivity contribution in [3.63, 3.8) is 0 Å². The summed E-state index contributed by atoms with van der Waals surface area (Å²) in [7, 11) is 1.72. The van der Waals surface area contributed by atoms with E-state index in [0.29, 0.717) is 15.7 Å². The third-order valence-electron chi connectivity index (χ3n) is 3.82. The third-order valence-corrected chi connectivity index (χ3v) is 4.38. The highest BCUT2D eigenvalue weighted by atomic mass is 35.5. The summed E-state index contributed by atoms with van der Waals surface area (Å²) in [4.78, 5) is 24.5. The lowest BCUT2D eigenvalue weighted by Gasteiger charge is -2.08. The second-order valence-electron chi connectivity index (χ2n) is 5.40. The number of nitrogens with one attached hydrogen (secondary N) is 1. The number of imidazole rings is 1. The molecule has 24 heavy (non-hydrogen) atoms. The molecule has 0 unspecified atom stereocenters. The minimum atomic E-state index is -0.237. The largest absolute Gasteiger partial charge is 0.328 e. The predicted octanol–water partition coefficient (Wildman–Crippen LogP) is 3.68. The Bertz CT molecular complexity index is 976. The van der Waals surface area contributed by atoms with Crippen LogP contribution < -0.4 is 11.0 Å². The number of amides is 1. The van der Waals surface area contributed by atoms with Gasteiger partial charge in [0.25, 0.3) is 0 Å². The predicted molar refractivity (Wildman–Crippen MR) is 96.9 cm³/mol. The highest BCUT2D eigenvalue weighted by molar-refractivity contribution is 6.35. The summed E-state index contributed by atoms with van der Waals surface area (Å²) < 4.78 is 3.16. The molecular weight excluding hydrogens is 349 g/mol. The van der Waals surface area contributed by atoms with E-state index in [4.69, 9.17) is 23.2 Å². The second-order valence-corrected chi connectivity index (χ2v) is 6.25. The maximum Gasteiger partial charge on any atom is 0.328 e. The van der Waals surface area contributed by atoms with Crippen molar-refractivity contribution in [3.8, 4) is 0 Å². The fourth-order valence-electron chi connectivity index (χ4n) is 2.60. The first-order chi connectivity index (χ1) is 11.5. The number of halogens is 2. The molecule has 0 aliphatic heterocycles. The Hall–Kier alpha value is -2.24. The summed E-state index contributed by atoms with van der Waals surface area (Å²) in [6.45, 7) is 0.282. The third kappa shape index (κ3) is 3.18. The Morgan fingerprint density at radius 3 is 2.58 bits per heavy atom. The fraction of sp³-hybridized carbons (Fsp3) is 0.176. The zero-order chi connectivity index (χ0) is 17.3. The number of hydrogen-bond acceptors (Lipinski definition) is 2. The van der Waals surface area contributed by atoms with Crippen molar-refractivity contribution < 1.29 is 4.79 Å². The van der Waals surface area contributed by atoms with Crippen LogP contribution in [-0.4, -0.2) is 15.0 Å². The van der Waals surface area contributed by atoms with Gasteiger partial charge in [0.15, 0.2) is 0 Å². The number of aromatic nitrogens is 2. The molecule has 0 aliphatic carbocycles. The molecule has 3 rings (SSSR count). The first-order valence-electron chi connectivity index (χ1n) is 7.36. The number of rotatable bonds is 4. The topological polar surface area (TPSA) is 56.0 Å². The highest BCUT2D eigenvalue weighted by Gasteiger charge is 2.12. The minimum Gasteiger partial charge on any atom is -0.325 e. The van der Waals surface area contributed by atoms with E-state index in [1.54, 1.807) is 34.4 Å². The zero-order valence-corrected chi connectivity index (χ0v) is 14.4. The van der Waals surface area contributed by atoms with Gasteiger partial charge in [0.1, 0.15) is 0 Å². The van der Waals surface area contributed by atoms with Gasteiger partial charge in [-0.3, -0.25) is 13.9 Å². The Balaban J connectivity index is 1.77. The van der Waals surface area contributed by atoms with Crippen LogP contribution in [0.5, 0.6) is 0 Å². The number of carbonyl (C=O) groups excluding carboxylic acids is 1. The van der Waals surface area contributed by atoms with Crippen molar-refractivity contribution in [2.75, 3.05) is 5.32 Å². The summed E-state index contributed by atoms with van der Waals surface area (Å²) in [5, 5.41) is 3.62. The molecule has 0 radical (unpaired) electrons. The molecule has 1 amide bonds. The number of anilines is 1. The van der Waals surface area contributed by atoms with Gasteiger partial charge in [-0.05, 0) is 30.3 Å². The molecule has 1 N–H and O–H groups in total. The number of hydrogen-bond donors (Lipinski definition) is 1. The molecule has 0 aliphatic rings. The van der Waals surface area contributed by atoms with E-state index in [1.807, 2.05) is 24.3 Å². The summed E-state index contributed by atoms with van der Waals surface area (Å²) in [6, 6.07) is 12.3. The molecule has 5 nitrogen and oxygen atoms in total. The van der Waals surface area contributed by atoms with Crippen molar-refractivity contribution in [1.82, 2.24) is 9.13 Å². The lowest BCUT2D eigenvalue weighted by molar-refractivity contribution is -0.116. The molecule has 124 valence electrons. The van der Waals surface area contributed by atoms with Crippen LogP contribution in [0.1, 0.15) is 6.42 Å². The quantitative estimate of drug-likeness (QED) is 0.768. The lowest BCUT2D eigenvalue weighted by Crippen LogP contribution is -2.24. The first kappa shape index (κ1) is 16.6. The molecule has 2 aromatic carbocycles. The number of aryl methyl sites for hydroxylation is 2. The van der Waals surface area contributed by atoms with Crippen LogP contribution in [0.15, 0.2) is 47.3 Å². The number of nitrogens with zero attached hydrogens (tertiary/aromatic N) is 2. The number of para-hydroxylation sites is 2. The van der Waals surface area contributed by atoms with Crippen LogP contribution in [0.4, 0.5) is 5.69 Å². The van der Waals surface area contributed by atoms with Crippen LogP contribution in [0, 0.1) is 0 Å². The van der Waals surface area contributed by atoms with Crippen LogP contribution in [-0.2, 0) is 18.4 Å². The lowest BCUT2D eigenvalue weighted by atomic mass is 10.3. The van der Waals surface area contributed by atoms with Gasteiger partial charge < -0.3 is 5.32 Å². The molecule has 3 aromatic rings. The van der Waals surface area contributed by atoms with Gasteiger partial charge in [0.2, 0.25) is 5.91 Å². The summed E-state index contributed by atoms with van der Waals surface area (Å²) >= 11 is 11.9. The molecule has 7 heteroatoms. The smallest absolute Gasteiger partial charge is 0.325 e. The van der Waals surface area contributed by atoms with Gasteiger partial charge in [-0.2, -0.15) is 0 Å². The molecule has 0 saturated heterocycles. The van der Waals surface area contributed by atoms with Gasteiger partial charge in [-0.15, -0.1) is 0 Å².